The van der Waals surface area contributed by atoms with Gasteiger partial charge in [0.1, 0.15) is 0 Å². The Bertz CT molecular complexity index is 778. The second-order valence-electron chi connectivity index (χ2n) is 10.7. The maximum Gasteiger partial charge on any atom is 0.310 e. The molecule has 4 bridgehead atoms. The predicted molar refractivity (Wildman–Crippen MR) is 108 cm³/mol. The van der Waals surface area contributed by atoms with E-state index in [1.165, 1.54) is 25.7 Å². The molecule has 0 amide bonds. The third kappa shape index (κ3) is 2.67. The van der Waals surface area contributed by atoms with Gasteiger partial charge in [-0.05, 0) is 80.5 Å². The number of carbonyl (C=O) groups is 2. The van der Waals surface area contributed by atoms with E-state index in [2.05, 4.69) is 24.3 Å². The molecule has 1 saturated heterocycles. The van der Waals surface area contributed by atoms with E-state index in [0.717, 1.165) is 32.5 Å². The van der Waals surface area contributed by atoms with Crippen LogP contribution in [0.2, 0.25) is 0 Å². The first-order valence-corrected chi connectivity index (χ1v) is 11.8. The van der Waals surface area contributed by atoms with Crippen molar-refractivity contribution >= 4 is 11.8 Å². The Kier molecular flexibility index (Phi) is 4.14. The van der Waals surface area contributed by atoms with E-state index in [-0.39, 0.29) is 34.4 Å². The third-order valence-electron chi connectivity index (χ3n) is 9.32. The van der Waals surface area contributed by atoms with Crippen LogP contribution in [0.1, 0.15) is 57.8 Å². The number of Topliss-reactive ketones (excluding diaryl/α,β-unsaturated/α-hetero) is 1. The second kappa shape index (κ2) is 6.54. The summed E-state index contributed by atoms with van der Waals surface area (Å²) in [7, 11) is 0. The molecule has 6 rings (SSSR count). The maximum atomic E-state index is 13.0. The van der Waals surface area contributed by atoms with Crippen LogP contribution >= 0.6 is 0 Å². The molecular weight excluding hydrogens is 364 g/mol. The van der Waals surface area contributed by atoms with Crippen molar-refractivity contribution in [3.63, 3.8) is 0 Å². The molecule has 0 aromatic carbocycles. The number of fused-ring (bicyclic) bond motifs is 5. The lowest BCUT2D eigenvalue weighted by Gasteiger charge is -2.47. The molecule has 156 valence electrons. The Morgan fingerprint density at radius 3 is 2.86 bits per heavy atom. The van der Waals surface area contributed by atoms with Gasteiger partial charge in [-0.2, -0.15) is 0 Å². The number of hydrogen-bond acceptors (Lipinski definition) is 4. The van der Waals surface area contributed by atoms with Gasteiger partial charge in [0.15, 0.2) is 11.9 Å². The first-order valence-electron chi connectivity index (χ1n) is 11.8. The van der Waals surface area contributed by atoms with Gasteiger partial charge in [-0.25, -0.2) is 0 Å². The zero-order valence-electron chi connectivity index (χ0n) is 17.2. The molecular formula is C25H32O4. The van der Waals surface area contributed by atoms with Gasteiger partial charge in [0, 0.05) is 25.0 Å². The summed E-state index contributed by atoms with van der Waals surface area (Å²) in [5.74, 6) is 2.35. The fourth-order valence-corrected chi connectivity index (χ4v) is 7.94. The van der Waals surface area contributed by atoms with E-state index in [1.54, 1.807) is 0 Å². The minimum absolute atomic E-state index is 0.0636. The minimum Gasteiger partial charge on any atom is -0.454 e. The Morgan fingerprint density at radius 2 is 2.10 bits per heavy atom. The molecule has 5 aliphatic carbocycles. The highest BCUT2D eigenvalue weighted by molar-refractivity contribution is 5.87. The molecule has 0 N–H and O–H groups in total. The summed E-state index contributed by atoms with van der Waals surface area (Å²) in [6, 6.07) is 0. The van der Waals surface area contributed by atoms with E-state index >= 15 is 0 Å². The molecule has 29 heavy (non-hydrogen) atoms. The van der Waals surface area contributed by atoms with Crippen LogP contribution in [-0.4, -0.2) is 31.1 Å². The third-order valence-corrected chi connectivity index (χ3v) is 9.32. The molecule has 6 aliphatic rings. The van der Waals surface area contributed by atoms with E-state index in [4.69, 9.17) is 9.47 Å². The number of allylic oxidation sites excluding steroid dienone is 4. The van der Waals surface area contributed by atoms with Crippen molar-refractivity contribution in [2.45, 2.75) is 63.9 Å². The average molecular weight is 397 g/mol. The number of esters is 1. The Morgan fingerprint density at radius 1 is 1.17 bits per heavy atom. The van der Waals surface area contributed by atoms with Crippen LogP contribution in [0, 0.1) is 40.4 Å². The highest BCUT2D eigenvalue weighted by Crippen LogP contribution is 2.72. The van der Waals surface area contributed by atoms with Gasteiger partial charge in [0.2, 0.25) is 0 Å². The van der Waals surface area contributed by atoms with E-state index in [0.29, 0.717) is 30.6 Å². The van der Waals surface area contributed by atoms with Crippen molar-refractivity contribution in [1.82, 2.24) is 0 Å². The Hall–Kier alpha value is -1.42. The molecule has 0 aromatic rings. The molecule has 4 nitrogen and oxygen atoms in total. The van der Waals surface area contributed by atoms with E-state index in [1.807, 2.05) is 0 Å². The van der Waals surface area contributed by atoms with Gasteiger partial charge in [0.05, 0.1) is 5.92 Å². The molecule has 8 unspecified atom stereocenters. The standard InChI is InChI=1S/C25H32O4/c26-21-2-1-3-22(21)29-23(27)20-14-24(7-5-18(20)13-24)25-8-4-16(12-25)10-19(25)11-17-6-9-28-15-17/h4-5,7-8,16-20,22H,1-3,6,9-15H2. The molecule has 3 saturated carbocycles. The van der Waals surface area contributed by atoms with Crippen LogP contribution in [-0.2, 0) is 19.1 Å². The van der Waals surface area contributed by atoms with Crippen LogP contribution in [0.5, 0.6) is 0 Å². The van der Waals surface area contributed by atoms with Crippen LogP contribution in [0.4, 0.5) is 0 Å². The normalized spacial score (nSPS) is 49.6. The molecule has 8 atom stereocenters. The summed E-state index contributed by atoms with van der Waals surface area (Å²) >= 11 is 0. The molecule has 1 aliphatic heterocycles. The molecule has 1 heterocycles. The fourth-order valence-electron chi connectivity index (χ4n) is 7.94. The summed E-state index contributed by atoms with van der Waals surface area (Å²) < 4.78 is 11.4. The van der Waals surface area contributed by atoms with Crippen molar-refractivity contribution in [1.29, 1.82) is 0 Å². The Balaban J connectivity index is 1.22. The predicted octanol–water partition coefficient (Wildman–Crippen LogP) is 4.24. The molecule has 4 heteroatoms. The van der Waals surface area contributed by atoms with Gasteiger partial charge in [-0.1, -0.05) is 24.3 Å². The summed E-state index contributed by atoms with van der Waals surface area (Å²) in [6.45, 7) is 1.85. The van der Waals surface area contributed by atoms with Crippen molar-refractivity contribution in [2.24, 2.45) is 40.4 Å². The lowest BCUT2D eigenvalue weighted by atomic mass is 9.56. The number of carbonyl (C=O) groups excluding carboxylic acids is 2. The molecule has 0 aromatic heterocycles. The van der Waals surface area contributed by atoms with Crippen molar-refractivity contribution in [3.8, 4) is 0 Å². The van der Waals surface area contributed by atoms with Gasteiger partial charge in [-0.15, -0.1) is 0 Å². The van der Waals surface area contributed by atoms with Crippen LogP contribution in [0.15, 0.2) is 24.3 Å². The monoisotopic (exact) mass is 396 g/mol. The minimum atomic E-state index is -0.475. The maximum absolute atomic E-state index is 13.0. The largest absolute Gasteiger partial charge is 0.454 e. The summed E-state index contributed by atoms with van der Waals surface area (Å²) in [4.78, 5) is 25.0. The number of rotatable bonds is 5. The van der Waals surface area contributed by atoms with Crippen molar-refractivity contribution < 1.29 is 19.1 Å². The quantitative estimate of drug-likeness (QED) is 0.515. The topological polar surface area (TPSA) is 52.6 Å². The molecule has 0 radical (unpaired) electrons. The SMILES string of the molecule is O=C1CCCC1OC(=O)C1CC2(C34C=CC(CC3CC3CCOC3)C4)C=CC1C2. The van der Waals surface area contributed by atoms with Crippen LogP contribution in [0.25, 0.3) is 0 Å². The average Bonchev–Trinajstić information content (AvgIpc) is 3.53. The van der Waals surface area contributed by atoms with Gasteiger partial charge in [-0.3, -0.25) is 9.59 Å². The summed E-state index contributed by atoms with van der Waals surface area (Å²) in [6.07, 6.45) is 18.5. The van der Waals surface area contributed by atoms with Gasteiger partial charge >= 0.3 is 5.97 Å². The first kappa shape index (κ1) is 18.4. The summed E-state index contributed by atoms with van der Waals surface area (Å²) in [5, 5.41) is 0. The summed E-state index contributed by atoms with van der Waals surface area (Å²) in [5.41, 5.74) is 0.316. The number of hydrogen-bond donors (Lipinski definition) is 0. The fraction of sp³-hybridized carbons (Fsp3) is 0.760. The molecule has 0 spiro atoms. The molecule has 4 fully saturated rings. The lowest BCUT2D eigenvalue weighted by Crippen LogP contribution is -2.41. The zero-order valence-corrected chi connectivity index (χ0v) is 17.2. The highest BCUT2D eigenvalue weighted by atomic mass is 16.5. The van der Waals surface area contributed by atoms with Gasteiger partial charge in [0.25, 0.3) is 0 Å². The van der Waals surface area contributed by atoms with Gasteiger partial charge < -0.3 is 9.47 Å². The number of ether oxygens (including phenoxy) is 2. The van der Waals surface area contributed by atoms with E-state index in [9.17, 15) is 9.59 Å². The smallest absolute Gasteiger partial charge is 0.310 e. The zero-order chi connectivity index (χ0) is 19.6. The highest BCUT2D eigenvalue weighted by Gasteiger charge is 2.65. The van der Waals surface area contributed by atoms with Crippen LogP contribution in [0.3, 0.4) is 0 Å². The lowest BCUT2D eigenvalue weighted by molar-refractivity contribution is -0.158. The van der Waals surface area contributed by atoms with Crippen molar-refractivity contribution in [2.75, 3.05) is 13.2 Å². The van der Waals surface area contributed by atoms with Crippen LogP contribution < -0.4 is 0 Å². The second-order valence-corrected chi connectivity index (χ2v) is 10.7. The first-order chi connectivity index (χ1) is 14.1. The van der Waals surface area contributed by atoms with Crippen molar-refractivity contribution in [3.05, 3.63) is 24.3 Å². The van der Waals surface area contributed by atoms with E-state index < -0.39 is 6.10 Å². The Labute approximate surface area is 173 Å². The number of ketones is 1.